The first-order chi connectivity index (χ1) is 15.2. The average molecular weight is 474 g/mol. The molecule has 0 aliphatic rings. The van der Waals surface area contributed by atoms with Gasteiger partial charge in [0.25, 0.3) is 0 Å². The fourth-order valence-electron chi connectivity index (χ4n) is 2.79. The minimum Gasteiger partial charge on any atom is -0.481 e. The van der Waals surface area contributed by atoms with Crippen molar-refractivity contribution < 1.29 is 39.0 Å². The molecule has 0 spiro atoms. The maximum absolute atomic E-state index is 12.8. The van der Waals surface area contributed by atoms with Crippen LogP contribution in [0.5, 0.6) is 0 Å². The summed E-state index contributed by atoms with van der Waals surface area (Å²) in [6.07, 6.45) is -0.899. The van der Waals surface area contributed by atoms with E-state index in [0.717, 1.165) is 0 Å². The molecule has 33 heavy (non-hydrogen) atoms. The van der Waals surface area contributed by atoms with Gasteiger partial charge in [-0.15, -0.1) is 0 Å². The Bertz CT molecular complexity index is 740. The Hall–Kier alpha value is -3.22. The van der Waals surface area contributed by atoms with Gasteiger partial charge in [-0.3, -0.25) is 24.0 Å². The van der Waals surface area contributed by atoms with Crippen LogP contribution in [0.15, 0.2) is 0 Å². The van der Waals surface area contributed by atoms with E-state index < -0.39 is 78.0 Å². The first-order valence-corrected chi connectivity index (χ1v) is 10.6. The standard InChI is InChI=1S/C20H35N5O8/c1-9(2)15(18(30)23-12(20(32)33)6-8-14(27)28)25-19(31)16(10(3)4)24-17(29)11(21)5-7-13(22)26/h9-12,15-16H,5-8,21H2,1-4H3,(H2,22,26)(H,23,30)(H,24,29)(H,25,31)(H,27,28)(H,32,33). The highest BCUT2D eigenvalue weighted by molar-refractivity contribution is 5.94. The fourth-order valence-corrected chi connectivity index (χ4v) is 2.79. The van der Waals surface area contributed by atoms with Crippen LogP contribution in [0, 0.1) is 11.8 Å². The van der Waals surface area contributed by atoms with Crippen molar-refractivity contribution in [2.45, 2.75) is 77.5 Å². The number of hydrogen-bond donors (Lipinski definition) is 7. The number of carbonyl (C=O) groups is 6. The van der Waals surface area contributed by atoms with E-state index in [1.165, 1.54) is 0 Å². The van der Waals surface area contributed by atoms with Crippen LogP contribution in [-0.4, -0.2) is 69.9 Å². The van der Waals surface area contributed by atoms with Gasteiger partial charge in [0, 0.05) is 12.8 Å². The van der Waals surface area contributed by atoms with Crippen LogP contribution in [-0.2, 0) is 28.8 Å². The normalized spacial score (nSPS) is 14.6. The fraction of sp³-hybridized carbons (Fsp3) is 0.700. The zero-order valence-electron chi connectivity index (χ0n) is 19.3. The molecule has 0 radical (unpaired) electrons. The molecule has 4 unspecified atom stereocenters. The zero-order valence-corrected chi connectivity index (χ0v) is 19.3. The highest BCUT2D eigenvalue weighted by Gasteiger charge is 2.33. The van der Waals surface area contributed by atoms with Crippen LogP contribution in [0.3, 0.4) is 0 Å². The summed E-state index contributed by atoms with van der Waals surface area (Å²) in [5.74, 6) is -6.25. The minimum atomic E-state index is -1.45. The lowest BCUT2D eigenvalue weighted by Gasteiger charge is -2.28. The van der Waals surface area contributed by atoms with Gasteiger partial charge in [-0.25, -0.2) is 4.79 Å². The molecule has 0 aromatic carbocycles. The number of nitrogens with one attached hydrogen (secondary N) is 3. The van der Waals surface area contributed by atoms with Crippen molar-refractivity contribution in [3.05, 3.63) is 0 Å². The van der Waals surface area contributed by atoms with Crippen LogP contribution in [0.2, 0.25) is 0 Å². The van der Waals surface area contributed by atoms with E-state index in [2.05, 4.69) is 16.0 Å². The largest absolute Gasteiger partial charge is 0.481 e. The second-order valence-electron chi connectivity index (χ2n) is 8.40. The number of carbonyl (C=O) groups excluding carboxylic acids is 4. The van der Waals surface area contributed by atoms with Crippen molar-refractivity contribution in [1.82, 2.24) is 16.0 Å². The molecule has 0 saturated heterocycles. The first-order valence-electron chi connectivity index (χ1n) is 10.6. The molecule has 13 nitrogen and oxygen atoms in total. The molecular weight excluding hydrogens is 438 g/mol. The molecule has 0 aliphatic heterocycles. The molecular formula is C20H35N5O8. The number of primary amides is 1. The quantitative estimate of drug-likeness (QED) is 0.143. The van der Waals surface area contributed by atoms with Crippen molar-refractivity contribution >= 4 is 35.6 Å². The van der Waals surface area contributed by atoms with Crippen LogP contribution >= 0.6 is 0 Å². The highest BCUT2D eigenvalue weighted by atomic mass is 16.4. The van der Waals surface area contributed by atoms with Gasteiger partial charge < -0.3 is 37.6 Å². The molecule has 0 rings (SSSR count). The number of rotatable bonds is 15. The Morgan fingerprint density at radius 1 is 0.727 bits per heavy atom. The van der Waals surface area contributed by atoms with Gasteiger partial charge in [0.05, 0.1) is 6.04 Å². The summed E-state index contributed by atoms with van der Waals surface area (Å²) >= 11 is 0. The molecule has 0 aromatic rings. The molecule has 0 bridgehead atoms. The molecule has 0 fully saturated rings. The van der Waals surface area contributed by atoms with Crippen molar-refractivity contribution in [2.24, 2.45) is 23.3 Å². The third-order valence-corrected chi connectivity index (χ3v) is 4.79. The van der Waals surface area contributed by atoms with Gasteiger partial charge in [-0.1, -0.05) is 27.7 Å². The number of carboxylic acids is 2. The molecule has 0 aromatic heterocycles. The van der Waals surface area contributed by atoms with E-state index in [1.807, 2.05) is 0 Å². The van der Waals surface area contributed by atoms with E-state index in [9.17, 15) is 33.9 Å². The molecule has 0 aliphatic carbocycles. The lowest BCUT2D eigenvalue weighted by molar-refractivity contribution is -0.143. The molecule has 188 valence electrons. The van der Waals surface area contributed by atoms with Gasteiger partial charge in [0.2, 0.25) is 23.6 Å². The van der Waals surface area contributed by atoms with Crippen molar-refractivity contribution in [1.29, 1.82) is 0 Å². The molecule has 4 amide bonds. The monoisotopic (exact) mass is 473 g/mol. The minimum absolute atomic E-state index is 0.00243. The van der Waals surface area contributed by atoms with Gasteiger partial charge in [-0.2, -0.15) is 0 Å². The van der Waals surface area contributed by atoms with Gasteiger partial charge >= 0.3 is 11.9 Å². The lowest BCUT2D eigenvalue weighted by atomic mass is 9.98. The molecule has 0 heterocycles. The van der Waals surface area contributed by atoms with Crippen LogP contribution in [0.1, 0.15) is 53.4 Å². The topological polar surface area (TPSA) is 231 Å². The Balaban J connectivity index is 5.32. The van der Waals surface area contributed by atoms with Crippen molar-refractivity contribution in [2.75, 3.05) is 0 Å². The smallest absolute Gasteiger partial charge is 0.326 e. The molecule has 9 N–H and O–H groups in total. The average Bonchev–Trinajstić information content (AvgIpc) is 2.69. The Morgan fingerprint density at radius 2 is 1.18 bits per heavy atom. The summed E-state index contributed by atoms with van der Waals surface area (Å²) in [4.78, 5) is 70.8. The van der Waals surface area contributed by atoms with E-state index in [-0.39, 0.29) is 19.3 Å². The Kier molecular flexibility index (Phi) is 12.7. The summed E-state index contributed by atoms with van der Waals surface area (Å²) in [7, 11) is 0. The summed E-state index contributed by atoms with van der Waals surface area (Å²) in [6, 6.07) is -4.73. The molecule has 13 heteroatoms. The number of hydrogen-bond acceptors (Lipinski definition) is 7. The second-order valence-corrected chi connectivity index (χ2v) is 8.40. The van der Waals surface area contributed by atoms with E-state index >= 15 is 0 Å². The van der Waals surface area contributed by atoms with Crippen LogP contribution in [0.4, 0.5) is 0 Å². The van der Waals surface area contributed by atoms with Gasteiger partial charge in [0.15, 0.2) is 0 Å². The summed E-state index contributed by atoms with van der Waals surface area (Å²) in [5, 5.41) is 25.2. The summed E-state index contributed by atoms with van der Waals surface area (Å²) < 4.78 is 0. The predicted molar refractivity (Wildman–Crippen MR) is 116 cm³/mol. The third kappa shape index (κ3) is 11.3. The second kappa shape index (κ2) is 14.0. The van der Waals surface area contributed by atoms with Gasteiger partial charge in [-0.05, 0) is 24.7 Å². The Morgan fingerprint density at radius 3 is 1.58 bits per heavy atom. The number of nitrogens with two attached hydrogens (primary N) is 2. The number of carboxylic acid groups (broad SMARTS) is 2. The Labute approximate surface area is 192 Å². The van der Waals surface area contributed by atoms with E-state index in [0.29, 0.717) is 0 Å². The van der Waals surface area contributed by atoms with E-state index in [4.69, 9.17) is 16.6 Å². The van der Waals surface area contributed by atoms with Crippen LogP contribution < -0.4 is 27.4 Å². The molecule has 0 saturated carbocycles. The zero-order chi connectivity index (χ0) is 25.9. The summed E-state index contributed by atoms with van der Waals surface area (Å²) in [5.41, 5.74) is 10.8. The molecule has 4 atom stereocenters. The SMILES string of the molecule is CC(C)C(NC(=O)C(N)CCC(N)=O)C(=O)NC(C(=O)NC(CCC(=O)O)C(=O)O)C(C)C. The number of aliphatic carboxylic acids is 2. The first kappa shape index (κ1) is 29.8. The highest BCUT2D eigenvalue weighted by Crippen LogP contribution is 2.09. The van der Waals surface area contributed by atoms with Gasteiger partial charge in [0.1, 0.15) is 18.1 Å². The maximum atomic E-state index is 12.8. The third-order valence-electron chi connectivity index (χ3n) is 4.79. The van der Waals surface area contributed by atoms with Crippen molar-refractivity contribution in [3.63, 3.8) is 0 Å². The van der Waals surface area contributed by atoms with Crippen molar-refractivity contribution in [3.8, 4) is 0 Å². The van der Waals surface area contributed by atoms with E-state index in [1.54, 1.807) is 27.7 Å². The summed E-state index contributed by atoms with van der Waals surface area (Å²) in [6.45, 7) is 6.58. The van der Waals surface area contributed by atoms with Crippen LogP contribution in [0.25, 0.3) is 0 Å². The predicted octanol–water partition coefficient (Wildman–Crippen LogP) is -1.70. The number of amides is 4. The lowest BCUT2D eigenvalue weighted by Crippen LogP contribution is -2.59. The maximum Gasteiger partial charge on any atom is 0.326 e.